The highest BCUT2D eigenvalue weighted by Crippen LogP contribution is 2.63. The molecule has 0 aromatic heterocycles. The van der Waals surface area contributed by atoms with E-state index in [9.17, 15) is 19.5 Å². The van der Waals surface area contributed by atoms with Crippen LogP contribution in [0.1, 0.15) is 39.2 Å². The maximum Gasteiger partial charge on any atom is 0.312 e. The second kappa shape index (κ2) is 8.01. The Balaban J connectivity index is 1.78. The Kier molecular flexibility index (Phi) is 5.76. The van der Waals surface area contributed by atoms with Crippen molar-refractivity contribution in [2.75, 3.05) is 18.5 Å². The van der Waals surface area contributed by atoms with Crippen molar-refractivity contribution in [3.8, 4) is 0 Å². The number of para-hydroxylation sites is 1. The number of carbonyl (C=O) groups is 3. The predicted octanol–water partition coefficient (Wildman–Crippen LogP) is 2.30. The van der Waals surface area contributed by atoms with Crippen LogP contribution in [0.2, 0.25) is 5.02 Å². The maximum absolute atomic E-state index is 13.7. The third-order valence-electron chi connectivity index (χ3n) is 7.21. The molecule has 2 unspecified atom stereocenters. The first-order valence-corrected chi connectivity index (χ1v) is 11.3. The van der Waals surface area contributed by atoms with Crippen LogP contribution >= 0.6 is 11.6 Å². The van der Waals surface area contributed by atoms with E-state index in [2.05, 4.69) is 5.32 Å². The Labute approximate surface area is 192 Å². The molecular formula is C23H29ClN2O6. The number of aliphatic hydroxyl groups excluding tert-OH is 1. The highest BCUT2D eigenvalue weighted by molar-refractivity contribution is 6.34. The number of nitrogens with zero attached hydrogens (tertiary/aromatic N) is 1. The van der Waals surface area contributed by atoms with Gasteiger partial charge in [0.2, 0.25) is 11.8 Å². The van der Waals surface area contributed by atoms with Crippen LogP contribution in [0.4, 0.5) is 5.69 Å². The number of ether oxygens (including phenoxy) is 2. The summed E-state index contributed by atoms with van der Waals surface area (Å²) in [7, 11) is 0. The number of rotatable bonds is 6. The van der Waals surface area contributed by atoms with Gasteiger partial charge >= 0.3 is 5.97 Å². The SMILES string of the molecule is CCOC(=O)[C@H]1[C@H]2C(=O)N([C@H](C)CO)C(C(=O)Nc3c(C)cccc3Cl)C23CC[C@]1(C)O3. The van der Waals surface area contributed by atoms with Crippen LogP contribution in [0.3, 0.4) is 0 Å². The molecule has 3 aliphatic rings. The molecule has 4 rings (SSSR count). The van der Waals surface area contributed by atoms with Crippen molar-refractivity contribution < 1.29 is 29.0 Å². The van der Waals surface area contributed by atoms with E-state index in [-0.39, 0.29) is 19.1 Å². The lowest BCUT2D eigenvalue weighted by Gasteiger charge is -2.35. The normalized spacial score (nSPS) is 33.9. The van der Waals surface area contributed by atoms with E-state index in [1.165, 1.54) is 4.90 Å². The van der Waals surface area contributed by atoms with E-state index in [0.717, 1.165) is 5.56 Å². The molecule has 8 nitrogen and oxygen atoms in total. The minimum absolute atomic E-state index is 0.186. The molecule has 6 atom stereocenters. The lowest BCUT2D eigenvalue weighted by Crippen LogP contribution is -2.55. The minimum atomic E-state index is -1.17. The fourth-order valence-corrected chi connectivity index (χ4v) is 6.07. The van der Waals surface area contributed by atoms with E-state index in [1.807, 2.05) is 19.9 Å². The van der Waals surface area contributed by atoms with Crippen LogP contribution in [0.5, 0.6) is 0 Å². The fourth-order valence-electron chi connectivity index (χ4n) is 5.80. The molecule has 3 heterocycles. The van der Waals surface area contributed by atoms with Gasteiger partial charge in [-0.15, -0.1) is 0 Å². The quantitative estimate of drug-likeness (QED) is 0.626. The number of fused-ring (bicyclic) bond motifs is 1. The first-order chi connectivity index (χ1) is 15.1. The Bertz CT molecular complexity index is 950. The highest BCUT2D eigenvalue weighted by atomic mass is 35.5. The van der Waals surface area contributed by atoms with Gasteiger partial charge in [0.15, 0.2) is 0 Å². The molecule has 0 aliphatic carbocycles. The molecule has 3 saturated heterocycles. The Morgan fingerprint density at radius 1 is 1.41 bits per heavy atom. The van der Waals surface area contributed by atoms with E-state index in [0.29, 0.717) is 23.6 Å². The van der Waals surface area contributed by atoms with Crippen molar-refractivity contribution in [2.24, 2.45) is 11.8 Å². The standard InChI is InChI=1S/C23H29ClN2O6/c1-5-31-21(30)16-15-20(29)26(13(3)11-27)18(23(15)10-9-22(16,4)32-23)19(28)25-17-12(2)7-6-8-14(17)24/h6-8,13,15-16,18,27H,5,9-11H2,1-4H3,(H,25,28)/t13-,15+,16-,18?,22+,23?/m1/s1. The van der Waals surface area contributed by atoms with Gasteiger partial charge in [-0.05, 0) is 52.2 Å². The summed E-state index contributed by atoms with van der Waals surface area (Å²) in [5, 5.41) is 13.1. The summed E-state index contributed by atoms with van der Waals surface area (Å²) < 4.78 is 11.7. The number of anilines is 1. The third-order valence-corrected chi connectivity index (χ3v) is 7.53. The Hall–Kier alpha value is -2.16. The molecule has 9 heteroatoms. The molecule has 3 fully saturated rings. The number of halogens is 1. The summed E-state index contributed by atoms with van der Waals surface area (Å²) in [4.78, 5) is 41.6. The van der Waals surface area contributed by atoms with Gasteiger partial charge in [0.1, 0.15) is 17.6 Å². The van der Waals surface area contributed by atoms with E-state index < -0.39 is 47.0 Å². The summed E-state index contributed by atoms with van der Waals surface area (Å²) in [6.07, 6.45) is 0.973. The number of amides is 2. The second-order valence-corrected chi connectivity index (χ2v) is 9.58. The molecule has 1 aromatic rings. The van der Waals surface area contributed by atoms with Gasteiger partial charge in [-0.1, -0.05) is 23.7 Å². The number of aliphatic hydroxyl groups is 1. The van der Waals surface area contributed by atoms with Gasteiger partial charge in [-0.2, -0.15) is 0 Å². The summed E-state index contributed by atoms with van der Waals surface area (Å²) in [5.74, 6) is -2.97. The molecular weight excluding hydrogens is 436 g/mol. The molecule has 0 radical (unpaired) electrons. The number of carbonyl (C=O) groups excluding carboxylic acids is 3. The number of nitrogens with one attached hydrogen (secondary N) is 1. The fraction of sp³-hybridized carbons (Fsp3) is 0.609. The Morgan fingerprint density at radius 3 is 2.75 bits per heavy atom. The third kappa shape index (κ3) is 3.15. The van der Waals surface area contributed by atoms with Crippen molar-refractivity contribution >= 4 is 35.1 Å². The second-order valence-electron chi connectivity index (χ2n) is 9.18. The zero-order chi connectivity index (χ0) is 23.4. The molecule has 1 aromatic carbocycles. The summed E-state index contributed by atoms with van der Waals surface area (Å²) >= 11 is 6.32. The number of esters is 1. The van der Waals surface area contributed by atoms with Crippen LogP contribution in [-0.4, -0.2) is 64.3 Å². The summed E-state index contributed by atoms with van der Waals surface area (Å²) in [6, 6.07) is 3.64. The summed E-state index contributed by atoms with van der Waals surface area (Å²) in [6.45, 7) is 6.87. The molecule has 2 amide bonds. The number of aryl methyl sites for hydroxylation is 1. The average Bonchev–Trinajstić information content (AvgIpc) is 3.31. The van der Waals surface area contributed by atoms with Gasteiger partial charge in [-0.25, -0.2) is 0 Å². The van der Waals surface area contributed by atoms with Gasteiger partial charge in [0.05, 0.1) is 41.5 Å². The van der Waals surface area contributed by atoms with Crippen molar-refractivity contribution in [3.63, 3.8) is 0 Å². The topological polar surface area (TPSA) is 105 Å². The molecule has 2 bridgehead atoms. The van der Waals surface area contributed by atoms with Crippen LogP contribution in [0.15, 0.2) is 18.2 Å². The molecule has 2 N–H and O–H groups in total. The van der Waals surface area contributed by atoms with Gasteiger partial charge < -0.3 is 24.8 Å². The van der Waals surface area contributed by atoms with Crippen molar-refractivity contribution in [3.05, 3.63) is 28.8 Å². The lowest BCUT2D eigenvalue weighted by molar-refractivity contribution is -0.159. The monoisotopic (exact) mass is 464 g/mol. The molecule has 174 valence electrons. The number of benzene rings is 1. The van der Waals surface area contributed by atoms with Crippen molar-refractivity contribution in [1.82, 2.24) is 4.90 Å². The zero-order valence-electron chi connectivity index (χ0n) is 18.7. The number of hydrogen-bond acceptors (Lipinski definition) is 6. The van der Waals surface area contributed by atoms with Gasteiger partial charge in [-0.3, -0.25) is 14.4 Å². The maximum atomic E-state index is 13.7. The Morgan fingerprint density at radius 2 is 2.12 bits per heavy atom. The van der Waals surface area contributed by atoms with Gasteiger partial charge in [0.25, 0.3) is 0 Å². The van der Waals surface area contributed by atoms with E-state index in [1.54, 1.807) is 26.0 Å². The minimum Gasteiger partial charge on any atom is -0.466 e. The van der Waals surface area contributed by atoms with Gasteiger partial charge in [0, 0.05) is 0 Å². The largest absolute Gasteiger partial charge is 0.466 e. The van der Waals surface area contributed by atoms with Crippen LogP contribution < -0.4 is 5.32 Å². The molecule has 1 spiro atoms. The lowest BCUT2D eigenvalue weighted by atomic mass is 9.66. The average molecular weight is 465 g/mol. The smallest absolute Gasteiger partial charge is 0.312 e. The van der Waals surface area contributed by atoms with E-state index in [4.69, 9.17) is 21.1 Å². The van der Waals surface area contributed by atoms with Crippen LogP contribution in [0.25, 0.3) is 0 Å². The van der Waals surface area contributed by atoms with Crippen LogP contribution in [0, 0.1) is 18.8 Å². The molecule has 0 saturated carbocycles. The van der Waals surface area contributed by atoms with E-state index >= 15 is 0 Å². The molecule has 32 heavy (non-hydrogen) atoms. The number of likely N-dealkylation sites (tertiary alicyclic amines) is 1. The predicted molar refractivity (Wildman–Crippen MR) is 117 cm³/mol. The number of hydrogen-bond donors (Lipinski definition) is 2. The zero-order valence-corrected chi connectivity index (χ0v) is 19.4. The van der Waals surface area contributed by atoms with Crippen molar-refractivity contribution in [1.29, 1.82) is 0 Å². The first-order valence-electron chi connectivity index (χ1n) is 11.0. The van der Waals surface area contributed by atoms with Crippen molar-refractivity contribution in [2.45, 2.75) is 63.8 Å². The summed E-state index contributed by atoms with van der Waals surface area (Å²) in [5.41, 5.74) is -0.825. The first kappa shape index (κ1) is 23.0. The highest BCUT2D eigenvalue weighted by Gasteiger charge is 2.78. The molecule has 3 aliphatic heterocycles. The van der Waals surface area contributed by atoms with Crippen LogP contribution in [-0.2, 0) is 23.9 Å².